The van der Waals surface area contributed by atoms with E-state index in [-0.39, 0.29) is 19.8 Å². The molecule has 2 N–H and O–H groups in total. The van der Waals surface area contributed by atoms with Gasteiger partial charge in [0, 0.05) is 9.77 Å². The molecule has 0 saturated carbocycles. The lowest BCUT2D eigenvalue weighted by molar-refractivity contribution is -0.0315. The molecule has 87 heavy (non-hydrogen) atoms. The summed E-state index contributed by atoms with van der Waals surface area (Å²) >= 11 is 0. The van der Waals surface area contributed by atoms with Gasteiger partial charge in [0.2, 0.25) is 0 Å². The minimum absolute atomic E-state index is 0.0535. The molecule has 0 aromatic heterocycles. The molecule has 1 aromatic rings. The molecule has 0 fully saturated rings. The van der Waals surface area contributed by atoms with Crippen molar-refractivity contribution in [2.24, 2.45) is 5.90 Å². The second-order valence-corrected chi connectivity index (χ2v) is 19.9. The van der Waals surface area contributed by atoms with Crippen molar-refractivity contribution in [2.75, 3.05) is 277 Å². The van der Waals surface area contributed by atoms with E-state index in [2.05, 4.69) is 51.6 Å². The smallest absolute Gasteiger partial charge is 0.491 e. The van der Waals surface area contributed by atoms with E-state index in [9.17, 15) is 8.76 Å². The van der Waals surface area contributed by atoms with E-state index in [0.29, 0.717) is 258 Å². The van der Waals surface area contributed by atoms with Gasteiger partial charge < -0.3 is 99.5 Å². The highest BCUT2D eigenvalue weighted by Crippen LogP contribution is 2.23. The summed E-state index contributed by atoms with van der Waals surface area (Å²) in [5, 5.41) is 0. The van der Waals surface area contributed by atoms with Crippen molar-refractivity contribution in [3.63, 3.8) is 0 Å². The van der Waals surface area contributed by atoms with Gasteiger partial charge in [0.25, 0.3) is 0 Å². The minimum atomic E-state index is -4.15. The van der Waals surface area contributed by atoms with E-state index < -0.39 is 10.8 Å². The summed E-state index contributed by atoms with van der Waals surface area (Å²) in [6.45, 7) is 22.8. The highest BCUT2D eigenvalue weighted by Gasteiger charge is 2.32. The van der Waals surface area contributed by atoms with Crippen LogP contribution in [0.1, 0.15) is 69.9 Å². The summed E-state index contributed by atoms with van der Waals surface area (Å²) < 4.78 is 146. The summed E-state index contributed by atoms with van der Waals surface area (Å²) in [4.78, 5) is 0. The Balaban J connectivity index is 1.66. The van der Waals surface area contributed by atoms with Crippen molar-refractivity contribution in [3.05, 3.63) is 35.4 Å². The van der Waals surface area contributed by atoms with Crippen molar-refractivity contribution >= 4 is 16.9 Å². The van der Waals surface area contributed by atoms with Gasteiger partial charge in [0.15, 0.2) is 0 Å². The van der Waals surface area contributed by atoms with E-state index in [1.54, 1.807) is 0 Å². The van der Waals surface area contributed by atoms with Crippen molar-refractivity contribution in [1.29, 1.82) is 0 Å². The van der Waals surface area contributed by atoms with Crippen molar-refractivity contribution in [2.45, 2.75) is 65.2 Å². The molecular formula is C60H113NO25S+. The first kappa shape index (κ1) is 83.0. The van der Waals surface area contributed by atoms with Crippen molar-refractivity contribution in [1.82, 2.24) is 0 Å². The summed E-state index contributed by atoms with van der Waals surface area (Å²) in [6, 6.07) is 6.53. The first-order valence-corrected chi connectivity index (χ1v) is 32.6. The predicted octanol–water partition coefficient (Wildman–Crippen LogP) is 5.31. The van der Waals surface area contributed by atoms with E-state index in [1.165, 1.54) is 50.5 Å². The standard InChI is InChI=1S/C60H113NO25S/c1-3-5-6-7-8-9-10-12-58-13-14-60(59(57-58)11-4-2)84-55-53-82-51-49-80-47-45-78-43-41-76-39-37-74-35-33-72-31-29-70-27-25-68-23-21-66-19-17-64-15-16-65-18-20-67-22-24-69-26-28-71-30-32-73-34-36-75-38-40-77-42-44-79-46-48-81-50-52-83-54-56-85-87(62,63)86-61/h4,11,13-14,57H,3,5-10,12,15-56,61H2,1-2H3/q+1/b11-4+. The SMILES string of the molecule is C/C=C/c1cc(CCCCCCCCC)ccc1OCCOCCOCCOCCOCCOCCOCCOCCOCCOCCOCCOCCOCCOCCOCCOCCOCCOCCOCCOCCOCCO[S+]([O])(=O)ON. The Hall–Kier alpha value is -2.05. The molecule has 1 rings (SSSR count). The molecule has 0 aliphatic heterocycles. The highest BCUT2D eigenvalue weighted by atomic mass is 32.3. The topological polar surface area (TPSA) is 275 Å². The fourth-order valence-corrected chi connectivity index (χ4v) is 7.52. The van der Waals surface area contributed by atoms with Gasteiger partial charge in [-0.2, -0.15) is 5.90 Å². The highest BCUT2D eigenvalue weighted by molar-refractivity contribution is 7.88. The first-order valence-electron chi connectivity index (χ1n) is 31.2. The van der Waals surface area contributed by atoms with Gasteiger partial charge in [0.05, 0.1) is 264 Å². The Labute approximate surface area is 521 Å². The molecule has 1 aromatic carbocycles. The Bertz CT molecular complexity index is 1600. The number of benzene rings is 1. The normalized spacial score (nSPS) is 12.6. The molecule has 0 bridgehead atoms. The zero-order chi connectivity index (χ0) is 62.4. The van der Waals surface area contributed by atoms with Crippen molar-refractivity contribution < 1.29 is 117 Å². The summed E-state index contributed by atoms with van der Waals surface area (Å²) in [7, 11) is -4.15. The second-order valence-electron chi connectivity index (χ2n) is 18.7. The zero-order valence-electron chi connectivity index (χ0n) is 52.9. The van der Waals surface area contributed by atoms with Crippen LogP contribution in [0.25, 0.3) is 6.08 Å². The van der Waals surface area contributed by atoms with Gasteiger partial charge in [-0.05, 0) is 41.7 Å². The number of ether oxygens (including phenoxy) is 21. The lowest BCUT2D eigenvalue weighted by Gasteiger charge is -2.12. The molecule has 0 aliphatic carbocycles. The molecule has 1 unspecified atom stereocenters. The summed E-state index contributed by atoms with van der Waals surface area (Å²) in [5.74, 6) is 5.43. The lowest BCUT2D eigenvalue weighted by Crippen LogP contribution is -2.22. The van der Waals surface area contributed by atoms with E-state index in [1.807, 2.05) is 6.92 Å². The van der Waals surface area contributed by atoms with Gasteiger partial charge in [-0.15, -0.1) is 4.18 Å². The van der Waals surface area contributed by atoms with Crippen LogP contribution in [0.2, 0.25) is 0 Å². The van der Waals surface area contributed by atoms with Crippen LogP contribution >= 0.6 is 0 Å². The van der Waals surface area contributed by atoms with Gasteiger partial charge in [0.1, 0.15) is 23.5 Å². The molecule has 27 heteroatoms. The third kappa shape index (κ3) is 63.9. The molecule has 26 nitrogen and oxygen atoms in total. The Morgan fingerprint density at radius 1 is 0.345 bits per heavy atom. The maximum atomic E-state index is 10.8. The maximum absolute atomic E-state index is 10.8. The number of allylic oxidation sites excluding steroid dienone is 1. The van der Waals surface area contributed by atoms with Gasteiger partial charge in [-0.1, -0.05) is 63.7 Å². The van der Waals surface area contributed by atoms with Crippen LogP contribution in [-0.4, -0.2) is 277 Å². The Morgan fingerprint density at radius 2 is 0.586 bits per heavy atom. The Kier molecular flexibility index (Phi) is 66.6. The molecule has 0 spiro atoms. The maximum Gasteiger partial charge on any atom is 0.564 e. The largest absolute Gasteiger partial charge is 0.564 e. The molecule has 0 heterocycles. The van der Waals surface area contributed by atoms with Crippen molar-refractivity contribution in [3.8, 4) is 5.75 Å². The van der Waals surface area contributed by atoms with Crippen LogP contribution in [0.4, 0.5) is 0 Å². The van der Waals surface area contributed by atoms with Crippen LogP contribution in [0.15, 0.2) is 24.3 Å². The van der Waals surface area contributed by atoms with Gasteiger partial charge >= 0.3 is 10.8 Å². The van der Waals surface area contributed by atoms with Crippen LogP contribution in [0, 0.1) is 0 Å². The number of rotatable bonds is 75. The van der Waals surface area contributed by atoms with Crippen LogP contribution in [0.3, 0.4) is 0 Å². The first-order chi connectivity index (χ1) is 43.0. The molecule has 0 saturated heterocycles. The number of unbranched alkanes of at least 4 members (excludes halogenated alkanes) is 6. The van der Waals surface area contributed by atoms with Gasteiger partial charge in [-0.3, -0.25) is 0 Å². The van der Waals surface area contributed by atoms with E-state index in [4.69, 9.17) is 99.5 Å². The molecule has 0 aliphatic rings. The third-order valence-electron chi connectivity index (χ3n) is 11.6. The Morgan fingerprint density at radius 3 is 0.839 bits per heavy atom. The second kappa shape index (κ2) is 69.8. The zero-order valence-corrected chi connectivity index (χ0v) is 53.8. The van der Waals surface area contributed by atoms with Gasteiger partial charge in [-0.25, -0.2) is 0 Å². The fraction of sp³-hybridized carbons (Fsp3) is 0.867. The molecule has 513 valence electrons. The number of aryl methyl sites for hydroxylation is 1. The minimum Gasteiger partial charge on any atom is -0.491 e. The number of hydrogen-bond donors (Lipinski definition) is 1. The predicted molar refractivity (Wildman–Crippen MR) is 325 cm³/mol. The number of hydrogen-bond acceptors (Lipinski definition) is 25. The number of nitrogens with two attached hydrogens (primary N) is 1. The average Bonchev–Trinajstić information content (AvgIpc) is 3.66. The summed E-state index contributed by atoms with van der Waals surface area (Å²) in [6.07, 6.45) is 14.5. The molecule has 1 radical (unpaired) electrons. The molecule has 0 amide bonds. The quantitative estimate of drug-likeness (QED) is 0.0492. The van der Waals surface area contributed by atoms with Crippen LogP contribution < -0.4 is 10.6 Å². The third-order valence-corrected chi connectivity index (χ3v) is 12.3. The monoisotopic (exact) mass is 1280 g/mol. The lowest BCUT2D eigenvalue weighted by atomic mass is 10.0. The van der Waals surface area contributed by atoms with E-state index >= 15 is 0 Å². The van der Waals surface area contributed by atoms with Crippen LogP contribution in [0.5, 0.6) is 5.75 Å². The fourth-order valence-electron chi connectivity index (χ4n) is 7.19. The molecule has 1 atom stereocenters. The van der Waals surface area contributed by atoms with E-state index in [0.717, 1.165) is 17.7 Å². The molecular weight excluding hydrogens is 1170 g/mol. The van der Waals surface area contributed by atoms with Crippen LogP contribution in [-0.2, 0) is 129 Å². The average molecular weight is 1280 g/mol. The summed E-state index contributed by atoms with van der Waals surface area (Å²) in [5.41, 5.74) is 2.49.